The van der Waals surface area contributed by atoms with Crippen LogP contribution in [0.2, 0.25) is 0 Å². The molecule has 3 rings (SSSR count). The second-order valence-electron chi connectivity index (χ2n) is 7.21. The Morgan fingerprint density at radius 3 is 2.46 bits per heavy atom. The van der Waals surface area contributed by atoms with Crippen LogP contribution in [-0.2, 0) is 4.79 Å². The number of benzene rings is 2. The minimum atomic E-state index is -1.04. The molecule has 0 saturated heterocycles. The Kier molecular flexibility index (Phi) is 4.89. The zero-order valence-electron chi connectivity index (χ0n) is 15.2. The summed E-state index contributed by atoms with van der Waals surface area (Å²) in [4.78, 5) is 39.2. The van der Waals surface area contributed by atoms with Crippen LogP contribution in [0.5, 0.6) is 0 Å². The Labute approximate surface area is 158 Å². The van der Waals surface area contributed by atoms with Crippen molar-refractivity contribution in [2.24, 2.45) is 5.41 Å². The van der Waals surface area contributed by atoms with Crippen LogP contribution in [0.3, 0.4) is 0 Å². The second-order valence-corrected chi connectivity index (χ2v) is 7.21. The summed E-state index contributed by atoms with van der Waals surface area (Å²) in [6.45, 7) is 3.11. The van der Waals surface area contributed by atoms with Crippen LogP contribution in [0, 0.1) is 17.0 Å². The number of amides is 1. The van der Waals surface area contributed by atoms with Gasteiger partial charge in [0, 0.05) is 22.8 Å². The van der Waals surface area contributed by atoms with Crippen LogP contribution in [0.15, 0.2) is 35.1 Å². The van der Waals surface area contributed by atoms with Crippen molar-refractivity contribution in [2.75, 3.05) is 6.54 Å². The van der Waals surface area contributed by atoms with Crippen molar-refractivity contribution in [3.63, 3.8) is 0 Å². The highest BCUT2D eigenvalue weighted by molar-refractivity contribution is 6.07. The fourth-order valence-electron chi connectivity index (χ4n) is 2.88. The van der Waals surface area contributed by atoms with Crippen LogP contribution >= 0.6 is 0 Å². The first-order chi connectivity index (χ1) is 13.1. The van der Waals surface area contributed by atoms with Gasteiger partial charge in [0.2, 0.25) is 0 Å². The van der Waals surface area contributed by atoms with Crippen LogP contribution in [-0.4, -0.2) is 28.5 Å². The molecule has 0 fully saturated rings. The molecule has 6 nitrogen and oxygen atoms in total. The van der Waals surface area contributed by atoms with E-state index >= 15 is 0 Å². The SMILES string of the molecule is CC(C)(CCNC(=O)c1cc(F)cc2c(=O)c3cc(F)ccc3[nH]c12)C(=O)O. The number of hydrogen-bond donors (Lipinski definition) is 3. The number of rotatable bonds is 5. The van der Waals surface area contributed by atoms with Gasteiger partial charge in [-0.25, -0.2) is 8.78 Å². The molecule has 0 spiro atoms. The lowest BCUT2D eigenvalue weighted by Crippen LogP contribution is -2.32. The molecule has 2 aromatic carbocycles. The first kappa shape index (κ1) is 19.5. The molecule has 0 unspecified atom stereocenters. The second kappa shape index (κ2) is 7.03. The quantitative estimate of drug-likeness (QED) is 0.585. The lowest BCUT2D eigenvalue weighted by atomic mass is 9.89. The molecule has 1 amide bonds. The molecule has 0 aliphatic heterocycles. The van der Waals surface area contributed by atoms with Gasteiger partial charge in [0.1, 0.15) is 11.6 Å². The van der Waals surface area contributed by atoms with Crippen LogP contribution in [0.1, 0.15) is 30.6 Å². The number of fused-ring (bicyclic) bond motifs is 2. The van der Waals surface area contributed by atoms with Crippen LogP contribution < -0.4 is 10.7 Å². The average Bonchev–Trinajstić information content (AvgIpc) is 2.62. The molecule has 0 atom stereocenters. The zero-order chi connectivity index (χ0) is 20.6. The fraction of sp³-hybridized carbons (Fsp3) is 0.250. The number of halogens is 2. The molecular weight excluding hydrogens is 370 g/mol. The molecule has 0 saturated carbocycles. The Morgan fingerprint density at radius 1 is 1.11 bits per heavy atom. The molecule has 28 heavy (non-hydrogen) atoms. The Balaban J connectivity index is 2.02. The van der Waals surface area contributed by atoms with Gasteiger partial charge in [0.05, 0.1) is 16.5 Å². The van der Waals surface area contributed by atoms with E-state index in [9.17, 15) is 23.2 Å². The van der Waals surface area contributed by atoms with E-state index in [4.69, 9.17) is 5.11 Å². The number of aromatic nitrogens is 1. The molecular formula is C20H18F2N2O4. The number of carboxylic acid groups (broad SMARTS) is 1. The van der Waals surface area contributed by atoms with Crippen molar-refractivity contribution >= 4 is 33.7 Å². The van der Waals surface area contributed by atoms with Crippen molar-refractivity contribution < 1.29 is 23.5 Å². The Bertz CT molecular complexity index is 1170. The fourth-order valence-corrected chi connectivity index (χ4v) is 2.88. The lowest BCUT2D eigenvalue weighted by Gasteiger charge is -2.19. The molecule has 0 aliphatic rings. The van der Waals surface area contributed by atoms with Crippen molar-refractivity contribution in [1.82, 2.24) is 10.3 Å². The van der Waals surface area contributed by atoms with E-state index in [1.807, 2.05) is 0 Å². The Morgan fingerprint density at radius 2 is 1.79 bits per heavy atom. The maximum atomic E-state index is 14.0. The number of hydrogen-bond acceptors (Lipinski definition) is 3. The highest BCUT2D eigenvalue weighted by Crippen LogP contribution is 2.22. The van der Waals surface area contributed by atoms with Gasteiger partial charge in [0.15, 0.2) is 5.43 Å². The first-order valence-corrected chi connectivity index (χ1v) is 8.56. The number of aromatic amines is 1. The number of carbonyl (C=O) groups is 2. The summed E-state index contributed by atoms with van der Waals surface area (Å²) in [5.41, 5.74) is -1.28. The predicted molar refractivity (Wildman–Crippen MR) is 100 cm³/mol. The molecule has 1 aromatic heterocycles. The van der Waals surface area contributed by atoms with Gasteiger partial charge in [-0.2, -0.15) is 0 Å². The topological polar surface area (TPSA) is 99.3 Å². The van der Waals surface area contributed by atoms with Gasteiger partial charge < -0.3 is 15.4 Å². The van der Waals surface area contributed by atoms with E-state index in [2.05, 4.69) is 10.3 Å². The van der Waals surface area contributed by atoms with E-state index < -0.39 is 34.4 Å². The predicted octanol–water partition coefficient (Wildman–Crippen LogP) is 3.19. The minimum absolute atomic E-state index is 0.0488. The highest BCUT2D eigenvalue weighted by Gasteiger charge is 2.27. The first-order valence-electron chi connectivity index (χ1n) is 8.56. The average molecular weight is 388 g/mol. The molecule has 1 heterocycles. The highest BCUT2D eigenvalue weighted by atomic mass is 19.1. The molecule has 3 N–H and O–H groups in total. The third kappa shape index (κ3) is 3.58. The maximum absolute atomic E-state index is 14.0. The van der Waals surface area contributed by atoms with Crippen LogP contribution in [0.25, 0.3) is 21.8 Å². The van der Waals surface area contributed by atoms with Crippen molar-refractivity contribution in [3.05, 3.63) is 57.8 Å². The van der Waals surface area contributed by atoms with Gasteiger partial charge in [-0.15, -0.1) is 0 Å². The van der Waals surface area contributed by atoms with Crippen LogP contribution in [0.4, 0.5) is 8.78 Å². The van der Waals surface area contributed by atoms with Gasteiger partial charge in [-0.3, -0.25) is 14.4 Å². The molecule has 0 aliphatic carbocycles. The molecule has 8 heteroatoms. The van der Waals surface area contributed by atoms with Crippen molar-refractivity contribution in [1.29, 1.82) is 0 Å². The van der Waals surface area contributed by atoms with E-state index in [0.29, 0.717) is 5.52 Å². The summed E-state index contributed by atoms with van der Waals surface area (Å²) >= 11 is 0. The van der Waals surface area contributed by atoms with Crippen molar-refractivity contribution in [2.45, 2.75) is 20.3 Å². The van der Waals surface area contributed by atoms with E-state index in [1.54, 1.807) is 0 Å². The van der Waals surface area contributed by atoms with Gasteiger partial charge in [0.25, 0.3) is 5.91 Å². The summed E-state index contributed by atoms with van der Waals surface area (Å²) in [6.07, 6.45) is 0.167. The smallest absolute Gasteiger partial charge is 0.309 e. The van der Waals surface area contributed by atoms with E-state index in [1.165, 1.54) is 26.0 Å². The zero-order valence-corrected chi connectivity index (χ0v) is 15.2. The van der Waals surface area contributed by atoms with Gasteiger partial charge in [-0.1, -0.05) is 0 Å². The van der Waals surface area contributed by atoms with Crippen molar-refractivity contribution in [3.8, 4) is 0 Å². The largest absolute Gasteiger partial charge is 0.481 e. The summed E-state index contributed by atoms with van der Waals surface area (Å²) in [7, 11) is 0. The monoisotopic (exact) mass is 388 g/mol. The molecule has 0 radical (unpaired) electrons. The van der Waals surface area contributed by atoms with Gasteiger partial charge >= 0.3 is 5.97 Å². The maximum Gasteiger partial charge on any atom is 0.309 e. The number of H-pyrrole nitrogens is 1. The third-order valence-corrected chi connectivity index (χ3v) is 4.69. The summed E-state index contributed by atoms with van der Waals surface area (Å²) < 4.78 is 27.5. The lowest BCUT2D eigenvalue weighted by molar-refractivity contribution is -0.147. The van der Waals surface area contributed by atoms with Gasteiger partial charge in [-0.05, 0) is 50.6 Å². The normalized spacial score (nSPS) is 11.7. The number of carbonyl (C=O) groups excluding carboxylic acids is 1. The van der Waals surface area contributed by atoms with E-state index in [-0.39, 0.29) is 34.8 Å². The molecule has 3 aromatic rings. The standard InChI is InChI=1S/C20H18F2N2O4/c1-20(2,19(27)28)5-6-23-18(26)14-9-11(22)8-13-16(14)24-15-4-3-10(21)7-12(15)17(13)25/h3-4,7-9H,5-6H2,1-2H3,(H,23,26)(H,24,25)(H,27,28). The Hall–Kier alpha value is -3.29. The number of aliphatic carboxylic acids is 1. The molecule has 146 valence electrons. The summed E-state index contributed by atoms with van der Waals surface area (Å²) in [5, 5.41) is 11.7. The number of carboxylic acids is 1. The minimum Gasteiger partial charge on any atom is -0.481 e. The summed E-state index contributed by atoms with van der Waals surface area (Å²) in [5.74, 6) is -3.04. The van der Waals surface area contributed by atoms with E-state index in [0.717, 1.165) is 18.2 Å². The number of pyridine rings is 1. The number of nitrogens with one attached hydrogen (secondary N) is 2. The molecule has 0 bridgehead atoms. The summed E-state index contributed by atoms with van der Waals surface area (Å²) in [6, 6.07) is 5.56. The third-order valence-electron chi connectivity index (χ3n) is 4.69.